The Morgan fingerprint density at radius 1 is 1.47 bits per heavy atom. The van der Waals surface area contributed by atoms with Gasteiger partial charge in [0.1, 0.15) is 0 Å². The van der Waals surface area contributed by atoms with Gasteiger partial charge < -0.3 is 0 Å². The highest BCUT2D eigenvalue weighted by atomic mass is 17.0. The van der Waals surface area contributed by atoms with Crippen molar-refractivity contribution in [2.75, 3.05) is 0 Å². The smallest absolute Gasteiger partial charge is 0.285 e. The number of carbonyl (C=O) groups excluding carboxylic acids is 3. The second-order valence-corrected chi connectivity index (χ2v) is 2.20. The normalized spacial score (nSPS) is 8.07. The first-order valence-corrected chi connectivity index (χ1v) is 3.61. The topological polar surface area (TPSA) is 85.3 Å². The zero-order chi connectivity index (χ0) is 11.8. The molecule has 0 unspecified atom stereocenters. The van der Waals surface area contributed by atoms with E-state index >= 15 is 0 Å². The van der Waals surface area contributed by atoms with Crippen molar-refractivity contribution in [3.63, 3.8) is 0 Å². The number of rotatable bonds is 5. The van der Waals surface area contributed by atoms with E-state index in [1.54, 1.807) is 0 Å². The molecule has 0 atom stereocenters. The van der Waals surface area contributed by atoms with Crippen LogP contribution in [0.1, 0.15) is 6.92 Å². The highest BCUT2D eigenvalue weighted by Crippen LogP contribution is 1.99. The number of hydrazone groups is 1. The molecule has 15 heavy (non-hydrogen) atoms. The number of isocyanates is 1. The van der Waals surface area contributed by atoms with Crippen LogP contribution in [-0.2, 0) is 24.1 Å². The van der Waals surface area contributed by atoms with E-state index in [9.17, 15) is 14.4 Å². The van der Waals surface area contributed by atoms with Crippen LogP contribution in [0.25, 0.3) is 0 Å². The lowest BCUT2D eigenvalue weighted by molar-refractivity contribution is -0.321. The van der Waals surface area contributed by atoms with Gasteiger partial charge in [0.2, 0.25) is 0 Å². The summed E-state index contributed by atoms with van der Waals surface area (Å²) < 4.78 is 0. The Bertz CT molecular complexity index is 343. The SMILES string of the molecule is C=CC(=O)ON(N=C=O)OC(=O)C(=C)C. The van der Waals surface area contributed by atoms with Gasteiger partial charge >= 0.3 is 11.9 Å². The molecule has 7 heteroatoms. The van der Waals surface area contributed by atoms with Crippen LogP contribution in [0.2, 0.25) is 0 Å². The summed E-state index contributed by atoms with van der Waals surface area (Å²) in [5.74, 6) is -1.87. The van der Waals surface area contributed by atoms with E-state index in [0.29, 0.717) is 0 Å². The van der Waals surface area contributed by atoms with Crippen LogP contribution in [0.5, 0.6) is 0 Å². The molecule has 0 fully saturated rings. The van der Waals surface area contributed by atoms with Crippen LogP contribution < -0.4 is 0 Å². The van der Waals surface area contributed by atoms with Gasteiger partial charge in [-0.1, -0.05) is 13.2 Å². The molecule has 0 aliphatic heterocycles. The van der Waals surface area contributed by atoms with Gasteiger partial charge in [-0.05, 0) is 12.0 Å². The average molecular weight is 212 g/mol. The number of hydrogen-bond acceptors (Lipinski definition) is 7. The third-order valence-corrected chi connectivity index (χ3v) is 0.967. The molecule has 0 aromatic carbocycles. The molecule has 0 aliphatic carbocycles. The standard InChI is InChI=1S/C8H8N2O5/c1-4-7(12)14-10(9-5-11)15-8(13)6(2)3/h4H,1-2H2,3H3. The minimum atomic E-state index is -0.955. The van der Waals surface area contributed by atoms with Crippen LogP contribution in [0.4, 0.5) is 0 Å². The molecule has 0 saturated carbocycles. The molecule has 0 aromatic heterocycles. The summed E-state index contributed by atoms with van der Waals surface area (Å²) in [5.41, 5.74) is 0.0377. The maximum atomic E-state index is 10.9. The highest BCUT2D eigenvalue weighted by Gasteiger charge is 2.14. The molecule has 0 rings (SSSR count). The van der Waals surface area contributed by atoms with Crippen molar-refractivity contribution >= 4 is 18.0 Å². The molecular weight excluding hydrogens is 204 g/mol. The van der Waals surface area contributed by atoms with Crippen molar-refractivity contribution < 1.29 is 24.1 Å². The largest absolute Gasteiger partial charge is 0.364 e. The minimum absolute atomic E-state index is 0.0219. The molecule has 0 saturated heterocycles. The molecule has 0 heterocycles. The fourth-order valence-corrected chi connectivity index (χ4v) is 0.356. The van der Waals surface area contributed by atoms with Crippen LogP contribution in [0.3, 0.4) is 0 Å². The van der Waals surface area contributed by atoms with Crippen molar-refractivity contribution in [2.24, 2.45) is 5.10 Å². The number of carbonyl (C=O) groups is 2. The predicted octanol–water partition coefficient (Wildman–Crippen LogP) is 0.218. The van der Waals surface area contributed by atoms with Crippen molar-refractivity contribution in [1.29, 1.82) is 0 Å². The first-order chi connectivity index (χ1) is 7.01. The van der Waals surface area contributed by atoms with Gasteiger partial charge in [0.05, 0.1) is 5.34 Å². The van der Waals surface area contributed by atoms with Crippen LogP contribution in [-0.4, -0.2) is 23.4 Å². The third kappa shape index (κ3) is 5.02. The fraction of sp³-hybridized carbons (Fsp3) is 0.125. The summed E-state index contributed by atoms with van der Waals surface area (Å²) in [6.45, 7) is 7.72. The van der Waals surface area contributed by atoms with Crippen LogP contribution in [0.15, 0.2) is 29.9 Å². The van der Waals surface area contributed by atoms with Crippen LogP contribution in [0, 0.1) is 0 Å². The van der Waals surface area contributed by atoms with E-state index in [4.69, 9.17) is 0 Å². The third-order valence-electron chi connectivity index (χ3n) is 0.967. The molecule has 0 aliphatic rings. The van der Waals surface area contributed by atoms with Gasteiger partial charge in [0.15, 0.2) is 0 Å². The number of nitrogens with zero attached hydrogens (tertiary/aromatic N) is 2. The summed E-state index contributed by atoms with van der Waals surface area (Å²) in [6, 6.07) is 0. The van der Waals surface area contributed by atoms with E-state index in [1.165, 1.54) is 6.92 Å². The van der Waals surface area contributed by atoms with Gasteiger partial charge in [-0.3, -0.25) is 9.68 Å². The van der Waals surface area contributed by atoms with E-state index in [1.807, 2.05) is 0 Å². The van der Waals surface area contributed by atoms with Crippen molar-refractivity contribution in [1.82, 2.24) is 5.34 Å². The lowest BCUT2D eigenvalue weighted by Crippen LogP contribution is -2.25. The monoisotopic (exact) mass is 212 g/mol. The minimum Gasteiger partial charge on any atom is -0.285 e. The molecule has 0 N–H and O–H groups in total. The van der Waals surface area contributed by atoms with Crippen molar-refractivity contribution in [3.05, 3.63) is 24.8 Å². The Hall–Kier alpha value is -2.40. The summed E-state index contributed by atoms with van der Waals surface area (Å²) in [7, 11) is 0. The molecule has 0 aromatic rings. The van der Waals surface area contributed by atoms with E-state index in [2.05, 4.69) is 27.9 Å². The van der Waals surface area contributed by atoms with Crippen molar-refractivity contribution in [2.45, 2.75) is 6.92 Å². The number of hydrogen-bond donors (Lipinski definition) is 0. The Labute approximate surface area is 85.2 Å². The zero-order valence-corrected chi connectivity index (χ0v) is 7.93. The van der Waals surface area contributed by atoms with Gasteiger partial charge in [0.25, 0.3) is 6.08 Å². The summed E-state index contributed by atoms with van der Waals surface area (Å²) in [6.07, 6.45) is 1.82. The summed E-state index contributed by atoms with van der Waals surface area (Å²) in [5, 5.41) is 2.81. The first kappa shape index (κ1) is 12.6. The zero-order valence-electron chi connectivity index (χ0n) is 7.93. The highest BCUT2D eigenvalue weighted by molar-refractivity contribution is 5.86. The summed E-state index contributed by atoms with van der Waals surface area (Å²) >= 11 is 0. The Kier molecular flexibility index (Phi) is 5.14. The fourth-order valence-electron chi connectivity index (χ4n) is 0.356. The first-order valence-electron chi connectivity index (χ1n) is 3.61. The Morgan fingerprint density at radius 2 is 2.07 bits per heavy atom. The van der Waals surface area contributed by atoms with Gasteiger partial charge in [-0.25, -0.2) is 14.4 Å². The average Bonchev–Trinajstić information content (AvgIpc) is 2.17. The Morgan fingerprint density at radius 3 is 2.47 bits per heavy atom. The maximum absolute atomic E-state index is 10.9. The van der Waals surface area contributed by atoms with Gasteiger partial charge in [0, 0.05) is 11.6 Å². The van der Waals surface area contributed by atoms with E-state index in [0.717, 1.165) is 12.2 Å². The molecule has 0 spiro atoms. The molecule has 0 radical (unpaired) electrons. The lowest BCUT2D eigenvalue weighted by Gasteiger charge is -2.11. The second kappa shape index (κ2) is 6.11. The molecular formula is C8H8N2O5. The van der Waals surface area contributed by atoms with Crippen molar-refractivity contribution in [3.8, 4) is 0 Å². The summed E-state index contributed by atoms with van der Waals surface area (Å²) in [4.78, 5) is 40.0. The predicted molar refractivity (Wildman–Crippen MR) is 47.2 cm³/mol. The molecule has 0 bridgehead atoms. The molecule has 7 nitrogen and oxygen atoms in total. The van der Waals surface area contributed by atoms with Gasteiger partial charge in [-0.2, -0.15) is 0 Å². The van der Waals surface area contributed by atoms with E-state index < -0.39 is 11.9 Å². The Balaban J connectivity index is 4.47. The van der Waals surface area contributed by atoms with Gasteiger partial charge in [-0.15, -0.1) is 0 Å². The maximum Gasteiger partial charge on any atom is 0.364 e. The quantitative estimate of drug-likeness (QED) is 0.280. The molecule has 0 amide bonds. The lowest BCUT2D eigenvalue weighted by atomic mass is 10.4. The van der Waals surface area contributed by atoms with Crippen LogP contribution >= 0.6 is 0 Å². The second-order valence-electron chi connectivity index (χ2n) is 2.20. The van der Waals surface area contributed by atoms with E-state index in [-0.39, 0.29) is 10.9 Å². The molecule has 80 valence electrons.